The minimum Gasteiger partial charge on any atom is -0.376 e. The van der Waals surface area contributed by atoms with Crippen LogP contribution in [0.5, 0.6) is 0 Å². The third-order valence-corrected chi connectivity index (χ3v) is 13.2. The molecule has 5 rings (SSSR count). The van der Waals surface area contributed by atoms with Gasteiger partial charge in [-0.2, -0.15) is 17.5 Å². The molecule has 1 aromatic rings. The molecule has 13 heteroatoms. The van der Waals surface area contributed by atoms with Gasteiger partial charge in [-0.15, -0.1) is 0 Å². The minimum absolute atomic E-state index is 0.0208. The normalized spacial score (nSPS) is 31.9. The number of nitrogens with two attached hydrogens (primary N) is 1. The number of hydrogen-bond donors (Lipinski definition) is 2. The first-order valence-electron chi connectivity index (χ1n) is 17.4. The number of piperazine rings is 1. The summed E-state index contributed by atoms with van der Waals surface area (Å²) in [6, 6.07) is 6.16. The number of halogens is 4. The van der Waals surface area contributed by atoms with Gasteiger partial charge in [-0.1, -0.05) is 30.2 Å². The van der Waals surface area contributed by atoms with E-state index in [4.69, 9.17) is 22.1 Å². The van der Waals surface area contributed by atoms with Crippen LogP contribution in [-0.4, -0.2) is 91.5 Å². The van der Waals surface area contributed by atoms with Gasteiger partial charge in [0.15, 0.2) is 0 Å². The van der Waals surface area contributed by atoms with Crippen molar-refractivity contribution in [3.8, 4) is 0 Å². The lowest BCUT2D eigenvalue weighted by Gasteiger charge is -2.43. The molecule has 47 heavy (non-hydrogen) atoms. The van der Waals surface area contributed by atoms with E-state index in [1.807, 2.05) is 26.0 Å². The molecule has 4 fully saturated rings. The molecule has 2 unspecified atom stereocenters. The van der Waals surface area contributed by atoms with Crippen LogP contribution in [0, 0.1) is 11.8 Å². The van der Waals surface area contributed by atoms with Gasteiger partial charge in [0.2, 0.25) is 15.9 Å². The highest BCUT2D eigenvalue weighted by Gasteiger charge is 2.44. The average Bonchev–Trinajstić information content (AvgIpc) is 3.42. The van der Waals surface area contributed by atoms with Gasteiger partial charge < -0.3 is 20.7 Å². The average molecular weight is 705 g/mol. The van der Waals surface area contributed by atoms with E-state index in [9.17, 15) is 26.4 Å². The predicted molar refractivity (Wildman–Crippen MR) is 178 cm³/mol. The summed E-state index contributed by atoms with van der Waals surface area (Å²) < 4.78 is 73.7. The van der Waals surface area contributed by atoms with E-state index < -0.39 is 34.3 Å². The fraction of sp³-hybridized carbons (Fsp3) is 0.794. The monoisotopic (exact) mass is 704 g/mol. The molecule has 8 nitrogen and oxygen atoms in total. The molecular formula is C34H52ClF3N4O4S. The number of benzene rings is 1. The maximum absolute atomic E-state index is 14.6. The number of ether oxygens (including phenoxy) is 1. The number of sulfonamides is 1. The van der Waals surface area contributed by atoms with Crippen LogP contribution in [0.3, 0.4) is 0 Å². The standard InChI is InChI=1S/C34H52ClF3N4O4S/c1-33(2)20-25(15-18-46-33)30(24-9-12-26(35)13-10-24)31(39)32(43)41(17-5-16-34(36,37)38)29-8-3-6-23(29)11-14-28-21-40-27-7-4-19-47(44,45)42(28)22-27/h9-10,12-13,23,25,27-31,40H,3-8,11,14-22,39H2,1-2H3/t23-,25?,27-,28+,29+,30+,31+/m1/s1. The Morgan fingerprint density at radius 3 is 2.60 bits per heavy atom. The first kappa shape index (κ1) is 36.8. The van der Waals surface area contributed by atoms with Crippen LogP contribution in [0.2, 0.25) is 5.02 Å². The van der Waals surface area contributed by atoms with E-state index in [-0.39, 0.29) is 60.5 Å². The van der Waals surface area contributed by atoms with Crippen LogP contribution < -0.4 is 11.1 Å². The molecule has 3 aliphatic heterocycles. The Kier molecular flexibility index (Phi) is 11.9. The molecule has 0 spiro atoms. The van der Waals surface area contributed by atoms with Gasteiger partial charge >= 0.3 is 6.18 Å². The maximum atomic E-state index is 14.6. The van der Waals surface area contributed by atoms with Crippen molar-refractivity contribution in [3.05, 3.63) is 34.9 Å². The fourth-order valence-corrected chi connectivity index (χ4v) is 10.6. The number of hydrogen-bond acceptors (Lipinski definition) is 6. The van der Waals surface area contributed by atoms with E-state index in [1.165, 1.54) is 0 Å². The summed E-state index contributed by atoms with van der Waals surface area (Å²) in [6.45, 7) is 5.63. The Labute approximate surface area is 283 Å². The largest absolute Gasteiger partial charge is 0.389 e. The summed E-state index contributed by atoms with van der Waals surface area (Å²) in [5, 5.41) is 4.09. The van der Waals surface area contributed by atoms with E-state index in [0.29, 0.717) is 63.2 Å². The molecule has 266 valence electrons. The molecule has 1 aromatic carbocycles. The van der Waals surface area contributed by atoms with Gasteiger partial charge in [0.05, 0.1) is 17.4 Å². The molecule has 3 heterocycles. The van der Waals surface area contributed by atoms with Crippen LogP contribution in [-0.2, 0) is 19.6 Å². The number of rotatable bonds is 11. The number of amides is 1. The Balaban J connectivity index is 1.37. The predicted octanol–water partition coefficient (Wildman–Crippen LogP) is 5.84. The number of nitrogens with zero attached hydrogens (tertiary/aromatic N) is 2. The Hall–Kier alpha value is -1.44. The zero-order chi connectivity index (χ0) is 34.0. The van der Waals surface area contributed by atoms with Crippen LogP contribution in [0.25, 0.3) is 0 Å². The smallest absolute Gasteiger partial charge is 0.376 e. The lowest BCUT2D eigenvalue weighted by Crippen LogP contribution is -2.57. The Bertz CT molecular complexity index is 1320. The zero-order valence-corrected chi connectivity index (χ0v) is 29.3. The number of fused-ring (bicyclic) bond motifs is 2. The van der Waals surface area contributed by atoms with Crippen molar-refractivity contribution in [1.29, 1.82) is 0 Å². The van der Waals surface area contributed by atoms with Gasteiger partial charge in [0, 0.05) is 61.7 Å². The van der Waals surface area contributed by atoms with Crippen LogP contribution in [0.15, 0.2) is 24.3 Å². The quantitative estimate of drug-likeness (QED) is 0.300. The topological polar surface area (TPSA) is 105 Å². The van der Waals surface area contributed by atoms with Crippen molar-refractivity contribution < 1.29 is 31.1 Å². The van der Waals surface area contributed by atoms with Crippen molar-refractivity contribution in [2.45, 2.75) is 126 Å². The molecule has 1 amide bonds. The number of alkyl halides is 3. The summed E-state index contributed by atoms with van der Waals surface area (Å²) in [6.07, 6.45) is 1.13. The highest BCUT2D eigenvalue weighted by Crippen LogP contribution is 2.42. The van der Waals surface area contributed by atoms with Gasteiger partial charge in [0.25, 0.3) is 0 Å². The number of nitrogens with one attached hydrogen (secondary N) is 1. The second kappa shape index (κ2) is 15.2. The number of carbonyl (C=O) groups excluding carboxylic acids is 1. The minimum atomic E-state index is -4.32. The fourth-order valence-electron chi connectivity index (χ4n) is 8.69. The second-order valence-corrected chi connectivity index (χ2v) is 17.3. The third kappa shape index (κ3) is 9.42. The van der Waals surface area contributed by atoms with Crippen molar-refractivity contribution in [3.63, 3.8) is 0 Å². The van der Waals surface area contributed by atoms with Crippen molar-refractivity contribution in [2.75, 3.05) is 32.0 Å². The molecule has 4 aliphatic rings. The van der Waals surface area contributed by atoms with Crippen molar-refractivity contribution >= 4 is 27.5 Å². The Morgan fingerprint density at radius 2 is 1.89 bits per heavy atom. The van der Waals surface area contributed by atoms with Gasteiger partial charge in [-0.3, -0.25) is 4.79 Å². The molecule has 0 radical (unpaired) electrons. The lowest BCUT2D eigenvalue weighted by atomic mass is 9.73. The van der Waals surface area contributed by atoms with Crippen molar-refractivity contribution in [1.82, 2.24) is 14.5 Å². The lowest BCUT2D eigenvalue weighted by molar-refractivity contribution is -0.144. The summed E-state index contributed by atoms with van der Waals surface area (Å²) in [5.74, 6) is -0.423. The zero-order valence-electron chi connectivity index (χ0n) is 27.7. The highest BCUT2D eigenvalue weighted by molar-refractivity contribution is 7.89. The van der Waals surface area contributed by atoms with Gasteiger partial charge in [0.1, 0.15) is 0 Å². The molecule has 3 saturated heterocycles. The first-order valence-corrected chi connectivity index (χ1v) is 19.4. The summed E-state index contributed by atoms with van der Waals surface area (Å²) in [5.41, 5.74) is 7.44. The van der Waals surface area contributed by atoms with E-state index >= 15 is 0 Å². The van der Waals surface area contributed by atoms with E-state index in [1.54, 1.807) is 21.3 Å². The summed E-state index contributed by atoms with van der Waals surface area (Å²) >= 11 is 6.22. The SMILES string of the molecule is CC1(C)CC([C@H](c2ccc(Cl)cc2)[C@H](N)C(=O)N(CCCC(F)(F)F)[C@H]2CCC[C@@H]2CC[C@H]2CN[C@@H]3CCCS(=O)(=O)N2C3)CCO1. The van der Waals surface area contributed by atoms with Gasteiger partial charge in [-0.05, 0) is 101 Å². The van der Waals surface area contributed by atoms with Crippen molar-refractivity contribution in [2.24, 2.45) is 17.6 Å². The maximum Gasteiger partial charge on any atom is 0.389 e. The van der Waals surface area contributed by atoms with Crippen LogP contribution >= 0.6 is 11.6 Å². The number of carbonyl (C=O) groups is 1. The summed E-state index contributed by atoms with van der Waals surface area (Å²) in [7, 11) is -3.34. The van der Waals surface area contributed by atoms with Crippen LogP contribution in [0.4, 0.5) is 13.2 Å². The first-order chi connectivity index (χ1) is 22.1. The Morgan fingerprint density at radius 1 is 1.15 bits per heavy atom. The van der Waals surface area contributed by atoms with E-state index in [0.717, 1.165) is 24.8 Å². The molecular weight excluding hydrogens is 653 g/mol. The highest BCUT2D eigenvalue weighted by atomic mass is 35.5. The molecule has 2 bridgehead atoms. The molecule has 3 N–H and O–H groups in total. The third-order valence-electron chi connectivity index (χ3n) is 11.0. The molecule has 1 saturated carbocycles. The molecule has 8 atom stereocenters. The molecule has 1 aliphatic carbocycles. The molecule has 0 aromatic heterocycles. The van der Waals surface area contributed by atoms with Gasteiger partial charge in [-0.25, -0.2) is 8.42 Å². The second-order valence-electron chi connectivity index (χ2n) is 14.8. The van der Waals surface area contributed by atoms with E-state index in [2.05, 4.69) is 5.32 Å². The summed E-state index contributed by atoms with van der Waals surface area (Å²) in [4.78, 5) is 16.2. The van der Waals surface area contributed by atoms with Crippen LogP contribution in [0.1, 0.15) is 96.0 Å².